The molecule has 1 aliphatic rings. The monoisotopic (exact) mass is 473 g/mol. The standard InChI is InChI=1S/C24H27N9O2/c1-4-18-26-16-8-5-6-9-17(16)33(18)24-28-20-19(21(29-24)32-12-14-35-15-13-32)27-22(31(20)3)23(34)30(2)11-7-10-25/h5-6,8-9H,4,7,11-15H2,1-3H3. The van der Waals surface area contributed by atoms with Gasteiger partial charge in [0.1, 0.15) is 5.82 Å². The van der Waals surface area contributed by atoms with E-state index < -0.39 is 0 Å². The Bertz CT molecular complexity index is 1440. The second kappa shape index (κ2) is 9.31. The third-order valence-corrected chi connectivity index (χ3v) is 6.24. The quantitative estimate of drug-likeness (QED) is 0.418. The Hall–Kier alpha value is -4.04. The van der Waals surface area contributed by atoms with Crippen LogP contribution in [0.1, 0.15) is 29.8 Å². The minimum atomic E-state index is -0.266. The van der Waals surface area contributed by atoms with E-state index in [1.54, 1.807) is 18.7 Å². The lowest BCUT2D eigenvalue weighted by Crippen LogP contribution is -2.37. The smallest absolute Gasteiger partial charge is 0.289 e. The number of hydrogen-bond donors (Lipinski definition) is 0. The van der Waals surface area contributed by atoms with E-state index in [-0.39, 0.29) is 18.2 Å². The number of para-hydroxylation sites is 2. The highest BCUT2D eigenvalue weighted by Gasteiger charge is 2.27. The number of nitriles is 1. The minimum Gasteiger partial charge on any atom is -0.378 e. The number of aromatic nitrogens is 6. The SMILES string of the molecule is CCc1nc2ccccc2n1-c1nc(N2CCOCC2)c2nc(C(=O)N(C)CCC#N)n(C)c2n1. The number of anilines is 1. The fourth-order valence-electron chi connectivity index (χ4n) is 4.35. The van der Waals surface area contributed by atoms with Gasteiger partial charge in [-0.25, -0.2) is 9.97 Å². The number of nitrogens with zero attached hydrogens (tertiary/aromatic N) is 9. The first-order valence-corrected chi connectivity index (χ1v) is 11.7. The number of fused-ring (bicyclic) bond motifs is 2. The zero-order chi connectivity index (χ0) is 24.5. The Kier molecular flexibility index (Phi) is 6.05. The average molecular weight is 474 g/mol. The van der Waals surface area contributed by atoms with Crippen molar-refractivity contribution in [2.75, 3.05) is 44.8 Å². The van der Waals surface area contributed by atoms with Crippen molar-refractivity contribution in [2.45, 2.75) is 19.8 Å². The predicted molar refractivity (Wildman–Crippen MR) is 131 cm³/mol. The van der Waals surface area contributed by atoms with E-state index in [9.17, 15) is 4.79 Å². The summed E-state index contributed by atoms with van der Waals surface area (Å²) in [4.78, 5) is 36.1. The van der Waals surface area contributed by atoms with E-state index in [1.807, 2.05) is 28.8 Å². The molecule has 1 fully saturated rings. The lowest BCUT2D eigenvalue weighted by atomic mass is 10.3. The van der Waals surface area contributed by atoms with Gasteiger partial charge < -0.3 is 19.1 Å². The van der Waals surface area contributed by atoms with Gasteiger partial charge in [-0.3, -0.25) is 9.36 Å². The maximum Gasteiger partial charge on any atom is 0.289 e. The number of hydrogen-bond acceptors (Lipinski definition) is 8. The maximum atomic E-state index is 13.2. The predicted octanol–water partition coefficient (Wildman–Crippen LogP) is 2.09. The van der Waals surface area contributed by atoms with Crippen LogP contribution in [0.25, 0.3) is 28.1 Å². The summed E-state index contributed by atoms with van der Waals surface area (Å²) in [6.45, 7) is 4.89. The first-order chi connectivity index (χ1) is 17.0. The molecule has 11 heteroatoms. The van der Waals surface area contributed by atoms with Crippen LogP contribution < -0.4 is 4.90 Å². The largest absolute Gasteiger partial charge is 0.378 e. The van der Waals surface area contributed by atoms with E-state index in [0.29, 0.717) is 62.2 Å². The zero-order valence-electron chi connectivity index (χ0n) is 20.1. The van der Waals surface area contributed by atoms with Crippen molar-refractivity contribution < 1.29 is 9.53 Å². The number of carbonyl (C=O) groups is 1. The van der Waals surface area contributed by atoms with Gasteiger partial charge in [-0.05, 0) is 12.1 Å². The van der Waals surface area contributed by atoms with E-state index in [2.05, 4.69) is 17.9 Å². The topological polar surface area (TPSA) is 118 Å². The van der Waals surface area contributed by atoms with Gasteiger partial charge in [0.15, 0.2) is 17.0 Å². The van der Waals surface area contributed by atoms with Crippen molar-refractivity contribution in [1.29, 1.82) is 5.26 Å². The normalized spacial score (nSPS) is 13.9. The zero-order valence-corrected chi connectivity index (χ0v) is 20.1. The van der Waals surface area contributed by atoms with Crippen LogP contribution in [-0.4, -0.2) is 79.8 Å². The highest BCUT2D eigenvalue weighted by atomic mass is 16.5. The highest BCUT2D eigenvalue weighted by Crippen LogP contribution is 2.28. The van der Waals surface area contributed by atoms with E-state index in [1.165, 1.54) is 4.90 Å². The van der Waals surface area contributed by atoms with Crippen molar-refractivity contribution in [2.24, 2.45) is 7.05 Å². The molecule has 4 heterocycles. The molecule has 0 radical (unpaired) electrons. The summed E-state index contributed by atoms with van der Waals surface area (Å²) in [6, 6.07) is 9.99. The van der Waals surface area contributed by atoms with Crippen LogP contribution in [0, 0.1) is 11.3 Å². The summed E-state index contributed by atoms with van der Waals surface area (Å²) in [5, 5.41) is 8.91. The summed E-state index contributed by atoms with van der Waals surface area (Å²) in [7, 11) is 3.46. The number of amides is 1. The molecule has 0 N–H and O–H groups in total. The fourth-order valence-corrected chi connectivity index (χ4v) is 4.35. The van der Waals surface area contributed by atoms with Crippen LogP contribution in [0.5, 0.6) is 0 Å². The third kappa shape index (κ3) is 3.95. The number of rotatable bonds is 6. The van der Waals surface area contributed by atoms with Gasteiger partial charge in [0.05, 0.1) is 36.7 Å². The molecule has 1 amide bonds. The Labute approximate surface area is 202 Å². The molecular weight excluding hydrogens is 446 g/mol. The average Bonchev–Trinajstić information content (AvgIpc) is 3.44. The molecule has 0 atom stereocenters. The van der Waals surface area contributed by atoms with Crippen molar-refractivity contribution in [3.8, 4) is 12.0 Å². The molecule has 0 saturated carbocycles. The van der Waals surface area contributed by atoms with Crippen molar-refractivity contribution >= 4 is 33.9 Å². The van der Waals surface area contributed by atoms with Gasteiger partial charge in [-0.2, -0.15) is 15.2 Å². The number of imidazole rings is 2. The second-order valence-corrected chi connectivity index (χ2v) is 8.45. The molecule has 4 aromatic rings. The Morgan fingerprint density at radius 1 is 1.17 bits per heavy atom. The summed E-state index contributed by atoms with van der Waals surface area (Å²) < 4.78 is 9.24. The molecule has 0 spiro atoms. The maximum absolute atomic E-state index is 13.2. The summed E-state index contributed by atoms with van der Waals surface area (Å²) in [5.41, 5.74) is 2.93. The summed E-state index contributed by atoms with van der Waals surface area (Å²) in [5.74, 6) is 2.00. The number of carbonyl (C=O) groups excluding carboxylic acids is 1. The lowest BCUT2D eigenvalue weighted by Gasteiger charge is -2.28. The van der Waals surface area contributed by atoms with Gasteiger partial charge in [-0.15, -0.1) is 0 Å². The number of ether oxygens (including phenoxy) is 1. The molecule has 1 saturated heterocycles. The third-order valence-electron chi connectivity index (χ3n) is 6.24. The van der Waals surface area contributed by atoms with E-state index in [4.69, 9.17) is 29.9 Å². The van der Waals surface area contributed by atoms with Gasteiger partial charge in [-0.1, -0.05) is 19.1 Å². The Morgan fingerprint density at radius 2 is 1.94 bits per heavy atom. The number of morpholine rings is 1. The van der Waals surface area contributed by atoms with Crippen LogP contribution in [0.15, 0.2) is 24.3 Å². The van der Waals surface area contributed by atoms with Crippen LogP contribution in [0.3, 0.4) is 0 Å². The van der Waals surface area contributed by atoms with Gasteiger partial charge >= 0.3 is 0 Å². The molecule has 11 nitrogen and oxygen atoms in total. The summed E-state index contributed by atoms with van der Waals surface area (Å²) >= 11 is 0. The van der Waals surface area contributed by atoms with Crippen LogP contribution in [0.4, 0.5) is 5.82 Å². The first-order valence-electron chi connectivity index (χ1n) is 11.7. The Balaban J connectivity index is 1.72. The number of aryl methyl sites for hydroxylation is 2. The molecule has 180 valence electrons. The highest BCUT2D eigenvalue weighted by molar-refractivity contribution is 5.96. The number of benzene rings is 1. The molecule has 1 aromatic carbocycles. The van der Waals surface area contributed by atoms with Gasteiger partial charge in [0.25, 0.3) is 5.91 Å². The lowest BCUT2D eigenvalue weighted by molar-refractivity contribution is 0.0783. The van der Waals surface area contributed by atoms with Crippen molar-refractivity contribution in [3.63, 3.8) is 0 Å². The van der Waals surface area contributed by atoms with Crippen LogP contribution in [-0.2, 0) is 18.2 Å². The van der Waals surface area contributed by atoms with E-state index >= 15 is 0 Å². The van der Waals surface area contributed by atoms with Gasteiger partial charge in [0, 0.05) is 40.2 Å². The fraction of sp³-hybridized carbons (Fsp3) is 0.417. The van der Waals surface area contributed by atoms with Crippen molar-refractivity contribution in [1.82, 2.24) is 34.0 Å². The minimum absolute atomic E-state index is 0.253. The molecule has 0 bridgehead atoms. The molecular formula is C24H27N9O2. The Morgan fingerprint density at radius 3 is 2.69 bits per heavy atom. The first kappa shape index (κ1) is 22.7. The molecule has 3 aromatic heterocycles. The molecule has 0 unspecified atom stereocenters. The second-order valence-electron chi connectivity index (χ2n) is 8.45. The van der Waals surface area contributed by atoms with Crippen LogP contribution >= 0.6 is 0 Å². The van der Waals surface area contributed by atoms with Crippen molar-refractivity contribution in [3.05, 3.63) is 35.9 Å². The molecule has 1 aliphatic heterocycles. The van der Waals surface area contributed by atoms with Crippen LogP contribution in [0.2, 0.25) is 0 Å². The van der Waals surface area contributed by atoms with Gasteiger partial charge in [0.2, 0.25) is 11.8 Å². The molecule has 5 rings (SSSR count). The summed E-state index contributed by atoms with van der Waals surface area (Å²) in [6.07, 6.45) is 0.963. The molecule has 0 aliphatic carbocycles. The van der Waals surface area contributed by atoms with E-state index in [0.717, 1.165) is 16.9 Å². The molecule has 35 heavy (non-hydrogen) atoms.